The van der Waals surface area contributed by atoms with Crippen molar-refractivity contribution >= 4 is 17.9 Å². The lowest BCUT2D eigenvalue weighted by molar-refractivity contribution is -0.140. The number of carbonyl (C=O) groups is 2. The van der Waals surface area contributed by atoms with Crippen LogP contribution in [0.4, 0.5) is 15.0 Å². The van der Waals surface area contributed by atoms with Gasteiger partial charge in [-0.25, -0.2) is 13.9 Å². The average molecular weight is 500 g/mol. The Hall–Kier alpha value is -4.46. The molecule has 1 amide bonds. The van der Waals surface area contributed by atoms with E-state index in [1.165, 1.54) is 4.68 Å². The van der Waals surface area contributed by atoms with E-state index in [-0.39, 0.29) is 5.82 Å². The molecule has 1 atom stereocenters. The summed E-state index contributed by atoms with van der Waals surface area (Å²) in [6.45, 7) is 3.65. The molecule has 0 saturated heterocycles. The Bertz CT molecular complexity index is 1480. The van der Waals surface area contributed by atoms with Crippen LogP contribution >= 0.6 is 0 Å². The number of hydrogen-bond acceptors (Lipinski definition) is 4. The van der Waals surface area contributed by atoms with Crippen molar-refractivity contribution in [2.45, 2.75) is 38.2 Å². The van der Waals surface area contributed by atoms with Crippen molar-refractivity contribution in [1.82, 2.24) is 9.78 Å². The summed E-state index contributed by atoms with van der Waals surface area (Å²) in [6.07, 6.45) is 0.941. The lowest BCUT2D eigenvalue weighted by atomic mass is 9.90. The molecule has 0 bridgehead atoms. The second-order valence-electron chi connectivity index (χ2n) is 9.27. The third-order valence-electron chi connectivity index (χ3n) is 6.86. The maximum atomic E-state index is 14.8. The van der Waals surface area contributed by atoms with Crippen molar-refractivity contribution in [2.75, 3.05) is 5.32 Å². The van der Waals surface area contributed by atoms with Crippen molar-refractivity contribution in [2.24, 2.45) is 0 Å². The van der Waals surface area contributed by atoms with E-state index in [0.29, 0.717) is 18.5 Å². The second-order valence-corrected chi connectivity index (χ2v) is 9.27. The molecule has 1 fully saturated rings. The number of anilines is 1. The van der Waals surface area contributed by atoms with Gasteiger partial charge in [-0.1, -0.05) is 66.7 Å². The third-order valence-corrected chi connectivity index (χ3v) is 6.86. The Labute approximate surface area is 213 Å². The van der Waals surface area contributed by atoms with E-state index in [0.717, 1.165) is 34.0 Å². The number of para-hydroxylation sites is 1. The first kappa shape index (κ1) is 24.2. The minimum Gasteiger partial charge on any atom is -0.481 e. The molecule has 1 heterocycles. The fourth-order valence-electron chi connectivity index (χ4n) is 4.60. The van der Waals surface area contributed by atoms with Gasteiger partial charge in [-0.05, 0) is 55.0 Å². The van der Waals surface area contributed by atoms with Crippen LogP contribution in [-0.2, 0) is 14.9 Å². The van der Waals surface area contributed by atoms with Crippen LogP contribution in [0, 0.1) is 12.7 Å². The zero-order chi connectivity index (χ0) is 26.2. The summed E-state index contributed by atoms with van der Waals surface area (Å²) in [6, 6.07) is 22.2. The SMILES string of the molecule is Cc1cc(C2(C(=O)O)CC2)ccc1-c1ccccc1-n1ncc(F)c1NC(=O)OC(C)c1ccccc1. The highest BCUT2D eigenvalue weighted by molar-refractivity contribution is 5.87. The quantitative estimate of drug-likeness (QED) is 0.306. The van der Waals surface area contributed by atoms with Crippen LogP contribution in [0.3, 0.4) is 0 Å². The number of hydrogen-bond donors (Lipinski definition) is 2. The molecule has 0 aliphatic heterocycles. The van der Waals surface area contributed by atoms with Gasteiger partial charge >= 0.3 is 12.1 Å². The fourth-order valence-corrected chi connectivity index (χ4v) is 4.60. The van der Waals surface area contributed by atoms with Crippen molar-refractivity contribution in [3.05, 3.63) is 102 Å². The van der Waals surface area contributed by atoms with Crippen LogP contribution in [0.1, 0.15) is 42.6 Å². The Balaban J connectivity index is 1.45. The molecule has 1 aromatic heterocycles. The first-order valence-electron chi connectivity index (χ1n) is 12.0. The van der Waals surface area contributed by atoms with Gasteiger partial charge in [0.15, 0.2) is 11.6 Å². The number of carbonyl (C=O) groups excluding carboxylic acids is 1. The Morgan fingerprint density at radius 1 is 1.05 bits per heavy atom. The average Bonchev–Trinajstić information content (AvgIpc) is 3.64. The van der Waals surface area contributed by atoms with Crippen LogP contribution in [0.2, 0.25) is 0 Å². The summed E-state index contributed by atoms with van der Waals surface area (Å²) in [7, 11) is 0. The summed E-state index contributed by atoms with van der Waals surface area (Å²) >= 11 is 0. The summed E-state index contributed by atoms with van der Waals surface area (Å²) in [5.41, 5.74) is 3.82. The molecule has 1 aliphatic carbocycles. The molecule has 4 aromatic rings. The number of benzene rings is 3. The zero-order valence-corrected chi connectivity index (χ0v) is 20.4. The maximum Gasteiger partial charge on any atom is 0.413 e. The number of nitrogens with zero attached hydrogens (tertiary/aromatic N) is 2. The second kappa shape index (κ2) is 9.54. The largest absolute Gasteiger partial charge is 0.481 e. The number of ether oxygens (including phenoxy) is 1. The normalized spacial score (nSPS) is 14.6. The number of carboxylic acid groups (broad SMARTS) is 1. The summed E-state index contributed by atoms with van der Waals surface area (Å²) in [5, 5.41) is 16.3. The molecular formula is C29H26FN3O4. The highest BCUT2D eigenvalue weighted by Gasteiger charge is 2.51. The van der Waals surface area contributed by atoms with Gasteiger partial charge in [0, 0.05) is 5.56 Å². The molecule has 188 valence electrons. The first-order valence-corrected chi connectivity index (χ1v) is 12.0. The highest BCUT2D eigenvalue weighted by atomic mass is 19.1. The minimum absolute atomic E-state index is 0.144. The predicted octanol–water partition coefficient (Wildman–Crippen LogP) is 6.41. The van der Waals surface area contributed by atoms with Gasteiger partial charge in [0.05, 0.1) is 17.3 Å². The van der Waals surface area contributed by atoms with Gasteiger partial charge in [0.25, 0.3) is 0 Å². The summed E-state index contributed by atoms with van der Waals surface area (Å²) in [4.78, 5) is 24.4. The van der Waals surface area contributed by atoms with E-state index in [1.807, 2.05) is 67.6 Å². The molecule has 0 radical (unpaired) electrons. The van der Waals surface area contributed by atoms with E-state index in [2.05, 4.69) is 10.4 Å². The number of aliphatic carboxylic acids is 1. The van der Waals surface area contributed by atoms with Crippen LogP contribution < -0.4 is 5.32 Å². The van der Waals surface area contributed by atoms with Gasteiger partial charge < -0.3 is 9.84 Å². The lowest BCUT2D eigenvalue weighted by Crippen LogP contribution is -2.19. The standard InChI is InChI=1S/C29H26FN3O4/c1-18-16-21(29(14-15-29)27(34)35)12-13-22(18)23-10-6-7-11-25(23)33-26(24(30)17-31-33)32-28(36)37-19(2)20-8-4-3-5-9-20/h3-13,16-17,19H,14-15H2,1-2H3,(H,32,36)(H,34,35). The Morgan fingerprint density at radius 2 is 1.76 bits per heavy atom. The van der Waals surface area contributed by atoms with Crippen LogP contribution in [0.15, 0.2) is 79.0 Å². The van der Waals surface area contributed by atoms with E-state index in [9.17, 15) is 19.1 Å². The molecule has 5 rings (SSSR count). The topological polar surface area (TPSA) is 93.5 Å². The van der Waals surface area contributed by atoms with Crippen LogP contribution in [-0.4, -0.2) is 26.9 Å². The number of carboxylic acids is 1. The molecule has 2 N–H and O–H groups in total. The van der Waals surface area contributed by atoms with E-state index < -0.39 is 29.4 Å². The van der Waals surface area contributed by atoms with Gasteiger partial charge in [-0.2, -0.15) is 5.10 Å². The highest BCUT2D eigenvalue weighted by Crippen LogP contribution is 2.49. The number of aromatic nitrogens is 2. The van der Waals surface area contributed by atoms with Crippen molar-refractivity contribution in [3.63, 3.8) is 0 Å². The molecule has 1 saturated carbocycles. The summed E-state index contributed by atoms with van der Waals surface area (Å²) in [5.74, 6) is -1.66. The number of halogens is 1. The summed E-state index contributed by atoms with van der Waals surface area (Å²) < 4.78 is 21.6. The monoisotopic (exact) mass is 499 g/mol. The Morgan fingerprint density at radius 3 is 2.43 bits per heavy atom. The molecular weight excluding hydrogens is 473 g/mol. The van der Waals surface area contributed by atoms with Gasteiger partial charge in [-0.15, -0.1) is 0 Å². The van der Waals surface area contributed by atoms with Gasteiger partial charge in [0.2, 0.25) is 0 Å². The first-order chi connectivity index (χ1) is 17.8. The van der Waals surface area contributed by atoms with E-state index >= 15 is 0 Å². The predicted molar refractivity (Wildman–Crippen MR) is 137 cm³/mol. The smallest absolute Gasteiger partial charge is 0.413 e. The van der Waals surface area contributed by atoms with Crippen molar-refractivity contribution < 1.29 is 23.8 Å². The van der Waals surface area contributed by atoms with E-state index in [4.69, 9.17) is 4.74 Å². The molecule has 37 heavy (non-hydrogen) atoms. The molecule has 7 nitrogen and oxygen atoms in total. The third kappa shape index (κ3) is 4.58. The number of nitrogens with one attached hydrogen (secondary N) is 1. The number of amides is 1. The molecule has 3 aromatic carbocycles. The molecule has 8 heteroatoms. The molecule has 1 aliphatic rings. The molecule has 1 unspecified atom stereocenters. The van der Waals surface area contributed by atoms with Gasteiger partial charge in [0.1, 0.15) is 6.10 Å². The van der Waals surface area contributed by atoms with Crippen LogP contribution in [0.5, 0.6) is 0 Å². The Kier molecular flexibility index (Phi) is 6.25. The zero-order valence-electron chi connectivity index (χ0n) is 20.4. The minimum atomic E-state index is -0.809. The number of rotatable bonds is 7. The lowest BCUT2D eigenvalue weighted by Gasteiger charge is -2.18. The maximum absolute atomic E-state index is 14.8. The van der Waals surface area contributed by atoms with Crippen molar-refractivity contribution in [3.8, 4) is 16.8 Å². The van der Waals surface area contributed by atoms with E-state index in [1.54, 1.807) is 19.1 Å². The number of aryl methyl sites for hydroxylation is 1. The van der Waals surface area contributed by atoms with Crippen molar-refractivity contribution in [1.29, 1.82) is 0 Å². The van der Waals surface area contributed by atoms with Gasteiger partial charge in [-0.3, -0.25) is 10.1 Å². The molecule has 0 spiro atoms. The fraction of sp³-hybridized carbons (Fsp3) is 0.207. The van der Waals surface area contributed by atoms with Crippen LogP contribution in [0.25, 0.3) is 16.8 Å².